The first-order valence-corrected chi connectivity index (χ1v) is 10.1. The average Bonchev–Trinajstić information content (AvgIpc) is 2.74. The van der Waals surface area contributed by atoms with Crippen LogP contribution in [0, 0.1) is 6.92 Å². The zero-order chi connectivity index (χ0) is 20.2. The summed E-state index contributed by atoms with van der Waals surface area (Å²) in [7, 11) is 0. The van der Waals surface area contributed by atoms with E-state index in [4.69, 9.17) is 0 Å². The summed E-state index contributed by atoms with van der Waals surface area (Å²) in [4.78, 5) is 26.5. The third-order valence-corrected chi connectivity index (χ3v) is 5.70. The minimum absolute atomic E-state index is 0.163. The number of aryl methyl sites for hydroxylation is 1. The van der Waals surface area contributed by atoms with Gasteiger partial charge in [-0.25, -0.2) is 0 Å². The van der Waals surface area contributed by atoms with Gasteiger partial charge in [0.05, 0.1) is 10.6 Å². The van der Waals surface area contributed by atoms with E-state index in [9.17, 15) is 9.59 Å². The Labute approximate surface area is 174 Å². The van der Waals surface area contributed by atoms with E-state index in [2.05, 4.69) is 10.6 Å². The molecule has 5 heteroatoms. The molecule has 0 aliphatic carbocycles. The number of hydrogen-bond donors (Lipinski definition) is 2. The van der Waals surface area contributed by atoms with E-state index in [0.717, 1.165) is 16.0 Å². The summed E-state index contributed by atoms with van der Waals surface area (Å²) in [6.07, 6.45) is 1.87. The Hall–Kier alpha value is -3.31. The molecule has 2 N–H and O–H groups in total. The summed E-state index contributed by atoms with van der Waals surface area (Å²) in [5, 5.41) is 5.82. The van der Waals surface area contributed by atoms with Gasteiger partial charge in [0.1, 0.15) is 0 Å². The Bertz CT molecular complexity index is 1090. The van der Waals surface area contributed by atoms with Crippen molar-refractivity contribution in [3.63, 3.8) is 0 Å². The van der Waals surface area contributed by atoms with Crippen LogP contribution in [0.25, 0.3) is 6.08 Å². The lowest BCUT2D eigenvalue weighted by Gasteiger charge is -2.19. The van der Waals surface area contributed by atoms with Crippen molar-refractivity contribution in [2.75, 3.05) is 5.32 Å². The fraction of sp³-hybridized carbons (Fsp3) is 0.0833. The molecule has 2 amide bonds. The highest BCUT2D eigenvalue weighted by Gasteiger charge is 2.22. The highest BCUT2D eigenvalue weighted by Crippen LogP contribution is 2.39. The molecule has 3 aromatic carbocycles. The van der Waals surface area contributed by atoms with Crippen LogP contribution in [0.1, 0.15) is 27.0 Å². The molecule has 4 rings (SSSR count). The van der Waals surface area contributed by atoms with Crippen LogP contribution in [0.4, 0.5) is 5.69 Å². The molecule has 1 aliphatic heterocycles. The summed E-state index contributed by atoms with van der Waals surface area (Å²) < 4.78 is 0. The number of nitrogens with one attached hydrogen (secondary N) is 2. The molecule has 0 saturated carbocycles. The van der Waals surface area contributed by atoms with Crippen molar-refractivity contribution in [3.05, 3.63) is 100.0 Å². The summed E-state index contributed by atoms with van der Waals surface area (Å²) in [6.45, 7) is 2.49. The van der Waals surface area contributed by atoms with Gasteiger partial charge in [0.2, 0.25) is 0 Å². The number of carbonyl (C=O) groups excluding carboxylic acids is 2. The summed E-state index contributed by atoms with van der Waals surface area (Å²) in [5.74, 6) is -0.332. The van der Waals surface area contributed by atoms with Crippen molar-refractivity contribution >= 4 is 35.3 Å². The molecule has 4 nitrogen and oxygen atoms in total. The van der Waals surface area contributed by atoms with Gasteiger partial charge in [0.15, 0.2) is 0 Å². The van der Waals surface area contributed by atoms with Crippen LogP contribution in [0.15, 0.2) is 82.6 Å². The van der Waals surface area contributed by atoms with E-state index in [1.165, 1.54) is 17.3 Å². The number of benzene rings is 3. The molecule has 1 heterocycles. The summed E-state index contributed by atoms with van der Waals surface area (Å²) in [5.41, 5.74) is 4.38. The van der Waals surface area contributed by atoms with Gasteiger partial charge in [0.25, 0.3) is 11.8 Å². The van der Waals surface area contributed by atoms with Gasteiger partial charge in [-0.3, -0.25) is 9.59 Å². The van der Waals surface area contributed by atoms with Crippen LogP contribution in [0.2, 0.25) is 0 Å². The van der Waals surface area contributed by atoms with Gasteiger partial charge < -0.3 is 10.6 Å². The average molecular weight is 401 g/mol. The van der Waals surface area contributed by atoms with Gasteiger partial charge in [-0.15, -0.1) is 0 Å². The zero-order valence-electron chi connectivity index (χ0n) is 15.9. The van der Waals surface area contributed by atoms with E-state index in [1.807, 2.05) is 73.7 Å². The molecule has 0 radical (unpaired) electrons. The number of fused-ring (bicyclic) bond motifs is 1. The molecule has 0 bridgehead atoms. The highest BCUT2D eigenvalue weighted by atomic mass is 32.2. The minimum atomic E-state index is -0.168. The lowest BCUT2D eigenvalue weighted by Crippen LogP contribution is -2.23. The number of amides is 2. The molecule has 0 unspecified atom stereocenters. The van der Waals surface area contributed by atoms with Crippen LogP contribution in [0.5, 0.6) is 0 Å². The molecular weight excluding hydrogens is 380 g/mol. The van der Waals surface area contributed by atoms with Crippen LogP contribution in [0.3, 0.4) is 0 Å². The second kappa shape index (κ2) is 8.37. The number of hydrogen-bond acceptors (Lipinski definition) is 3. The first kappa shape index (κ1) is 19.0. The van der Waals surface area contributed by atoms with Crippen LogP contribution < -0.4 is 10.6 Å². The maximum Gasteiger partial charge on any atom is 0.262 e. The monoisotopic (exact) mass is 400 g/mol. The molecule has 0 aromatic heterocycles. The van der Waals surface area contributed by atoms with Crippen molar-refractivity contribution in [1.82, 2.24) is 5.32 Å². The summed E-state index contributed by atoms with van der Waals surface area (Å²) in [6, 6.07) is 23.2. The molecular formula is C24H20N2O2S. The smallest absolute Gasteiger partial charge is 0.262 e. The highest BCUT2D eigenvalue weighted by molar-refractivity contribution is 8.04. The molecule has 0 saturated heterocycles. The van der Waals surface area contributed by atoms with Gasteiger partial charge in [-0.05, 0) is 42.3 Å². The van der Waals surface area contributed by atoms with Crippen LogP contribution in [-0.2, 0) is 11.3 Å². The van der Waals surface area contributed by atoms with E-state index in [1.54, 1.807) is 12.1 Å². The Balaban J connectivity index is 1.47. The topological polar surface area (TPSA) is 58.2 Å². The van der Waals surface area contributed by atoms with E-state index >= 15 is 0 Å². The van der Waals surface area contributed by atoms with Gasteiger partial charge in [0, 0.05) is 17.0 Å². The first-order valence-electron chi connectivity index (χ1n) is 9.32. The Morgan fingerprint density at radius 3 is 2.55 bits per heavy atom. The molecule has 0 spiro atoms. The van der Waals surface area contributed by atoms with Crippen molar-refractivity contribution in [1.29, 1.82) is 0 Å². The second-order valence-electron chi connectivity index (χ2n) is 6.85. The fourth-order valence-electron chi connectivity index (χ4n) is 2.99. The second-order valence-corrected chi connectivity index (χ2v) is 7.94. The van der Waals surface area contributed by atoms with Crippen molar-refractivity contribution in [3.8, 4) is 0 Å². The summed E-state index contributed by atoms with van der Waals surface area (Å²) >= 11 is 1.41. The predicted octanol–water partition coefficient (Wildman–Crippen LogP) is 5.01. The van der Waals surface area contributed by atoms with Gasteiger partial charge >= 0.3 is 0 Å². The maximum absolute atomic E-state index is 12.5. The Kier molecular flexibility index (Phi) is 5.49. The van der Waals surface area contributed by atoms with Crippen molar-refractivity contribution in [2.45, 2.75) is 18.4 Å². The number of rotatable bonds is 4. The molecule has 144 valence electrons. The molecule has 1 aliphatic rings. The van der Waals surface area contributed by atoms with Crippen LogP contribution in [-0.4, -0.2) is 11.8 Å². The standard InChI is InChI=1S/C24H20N2O2S/c1-16-7-9-18(10-8-16)15-25-23(27)19-11-12-21-20(14-19)26-24(28)22(29-21)13-17-5-3-2-4-6-17/h2-14H,15H2,1H3,(H,25,27)(H,26,28). The lowest BCUT2D eigenvalue weighted by molar-refractivity contribution is -0.112. The number of carbonyl (C=O) groups is 2. The number of thioether (sulfide) groups is 1. The largest absolute Gasteiger partial charge is 0.348 e. The SMILES string of the molecule is Cc1ccc(CNC(=O)c2ccc3c(c2)NC(=O)C(=Cc2ccccc2)S3)cc1. The zero-order valence-corrected chi connectivity index (χ0v) is 16.8. The molecule has 0 atom stereocenters. The quantitative estimate of drug-likeness (QED) is 0.605. The van der Waals surface area contributed by atoms with E-state index < -0.39 is 0 Å². The third-order valence-electron chi connectivity index (χ3n) is 4.60. The first-order chi connectivity index (χ1) is 14.1. The number of anilines is 1. The molecule has 3 aromatic rings. The Morgan fingerprint density at radius 2 is 1.79 bits per heavy atom. The van der Waals surface area contributed by atoms with Gasteiger partial charge in [-0.2, -0.15) is 0 Å². The maximum atomic E-state index is 12.5. The predicted molar refractivity (Wildman–Crippen MR) is 118 cm³/mol. The third kappa shape index (κ3) is 4.58. The van der Waals surface area contributed by atoms with Crippen LogP contribution >= 0.6 is 11.8 Å². The molecule has 29 heavy (non-hydrogen) atoms. The lowest BCUT2D eigenvalue weighted by atomic mass is 10.1. The van der Waals surface area contributed by atoms with E-state index in [-0.39, 0.29) is 11.8 Å². The minimum Gasteiger partial charge on any atom is -0.348 e. The van der Waals surface area contributed by atoms with Crippen molar-refractivity contribution < 1.29 is 9.59 Å². The molecule has 0 fully saturated rings. The fourth-order valence-corrected chi connectivity index (χ4v) is 3.92. The Morgan fingerprint density at radius 1 is 1.03 bits per heavy atom. The van der Waals surface area contributed by atoms with E-state index in [0.29, 0.717) is 22.7 Å². The van der Waals surface area contributed by atoms with Crippen molar-refractivity contribution in [2.24, 2.45) is 0 Å². The normalized spacial score (nSPS) is 14.2. The van der Waals surface area contributed by atoms with Gasteiger partial charge in [-0.1, -0.05) is 71.9 Å².